The summed E-state index contributed by atoms with van der Waals surface area (Å²) in [6.07, 6.45) is 1.40. The fourth-order valence-corrected chi connectivity index (χ4v) is 3.39. The van der Waals surface area contributed by atoms with Crippen molar-refractivity contribution in [3.63, 3.8) is 0 Å². The predicted octanol–water partition coefficient (Wildman–Crippen LogP) is 0.398. The zero-order valence-corrected chi connectivity index (χ0v) is 13.9. The topological polar surface area (TPSA) is 81.6 Å². The van der Waals surface area contributed by atoms with Crippen LogP contribution in [-0.2, 0) is 6.42 Å². The van der Waals surface area contributed by atoms with Crippen LogP contribution in [0.3, 0.4) is 0 Å². The number of hydrogen-bond acceptors (Lipinski definition) is 7. The second-order valence-electron chi connectivity index (χ2n) is 6.43. The minimum atomic E-state index is 0.141. The molecule has 0 bridgehead atoms. The van der Waals surface area contributed by atoms with E-state index in [0.717, 1.165) is 38.3 Å². The lowest BCUT2D eigenvalue weighted by Gasteiger charge is -2.35. The van der Waals surface area contributed by atoms with Crippen LogP contribution >= 0.6 is 0 Å². The number of piperazine rings is 1. The van der Waals surface area contributed by atoms with Gasteiger partial charge in [0.25, 0.3) is 0 Å². The lowest BCUT2D eigenvalue weighted by Crippen LogP contribution is -2.48. The highest BCUT2D eigenvalue weighted by molar-refractivity contribution is 6.02. The van der Waals surface area contributed by atoms with E-state index >= 15 is 0 Å². The summed E-state index contributed by atoms with van der Waals surface area (Å²) >= 11 is 0. The van der Waals surface area contributed by atoms with Gasteiger partial charge in [0.15, 0.2) is 5.78 Å². The average Bonchev–Trinajstić information content (AvgIpc) is 2.54. The van der Waals surface area contributed by atoms with Crippen LogP contribution < -0.4 is 10.2 Å². The molecule has 126 valence electrons. The van der Waals surface area contributed by atoms with Gasteiger partial charge in [0.05, 0.1) is 17.9 Å². The SMILES string of the molecule is CNc1nc(N2CCN(CCO)CC2)nc2c1C(=O)C[C@@H](C)C2. The van der Waals surface area contributed by atoms with Crippen molar-refractivity contribution in [1.82, 2.24) is 14.9 Å². The smallest absolute Gasteiger partial charge is 0.227 e. The standard InChI is InChI=1S/C16H25N5O2/c1-11-9-12-14(13(23)10-11)15(17-2)19-16(18-12)21-5-3-20(4-6-21)7-8-22/h11,22H,3-10H2,1-2H3,(H,17,18,19)/t11-/m0/s1. The van der Waals surface area contributed by atoms with Gasteiger partial charge in [-0.1, -0.05) is 6.92 Å². The summed E-state index contributed by atoms with van der Waals surface area (Å²) in [5.74, 6) is 1.84. The number of nitrogens with zero attached hydrogens (tertiary/aromatic N) is 4. The Bertz CT molecular complexity index is 584. The Hall–Kier alpha value is -1.73. The number of Topliss-reactive ketones (excluding diaryl/α,β-unsaturated/α-hetero) is 1. The van der Waals surface area contributed by atoms with Crippen molar-refractivity contribution in [3.05, 3.63) is 11.3 Å². The van der Waals surface area contributed by atoms with Crippen LogP contribution in [-0.4, -0.2) is 72.1 Å². The number of ketones is 1. The Labute approximate surface area is 136 Å². The van der Waals surface area contributed by atoms with E-state index < -0.39 is 0 Å². The lowest BCUT2D eigenvalue weighted by atomic mass is 9.87. The number of carbonyl (C=O) groups excluding carboxylic acids is 1. The third-order valence-electron chi connectivity index (χ3n) is 4.63. The van der Waals surface area contributed by atoms with E-state index in [-0.39, 0.29) is 12.4 Å². The number of β-amino-alcohol motifs (C(OH)–C–C–N with tert-alkyl or cyclic N) is 1. The molecule has 2 N–H and O–H groups in total. The normalized spacial score (nSPS) is 22.1. The van der Waals surface area contributed by atoms with Crippen molar-refractivity contribution >= 4 is 17.5 Å². The highest BCUT2D eigenvalue weighted by atomic mass is 16.3. The highest BCUT2D eigenvalue weighted by Gasteiger charge is 2.29. The zero-order valence-electron chi connectivity index (χ0n) is 13.9. The summed E-state index contributed by atoms with van der Waals surface area (Å²) in [6, 6.07) is 0. The highest BCUT2D eigenvalue weighted by Crippen LogP contribution is 2.30. The van der Waals surface area contributed by atoms with E-state index in [2.05, 4.69) is 27.0 Å². The summed E-state index contributed by atoms with van der Waals surface area (Å²) < 4.78 is 0. The van der Waals surface area contributed by atoms with Gasteiger partial charge in [-0.2, -0.15) is 4.98 Å². The molecule has 0 aromatic carbocycles. The summed E-state index contributed by atoms with van der Waals surface area (Å²) in [4.78, 5) is 26.0. The summed E-state index contributed by atoms with van der Waals surface area (Å²) in [5, 5.41) is 12.1. The monoisotopic (exact) mass is 319 g/mol. The number of aliphatic hydroxyl groups is 1. The number of hydrogen-bond donors (Lipinski definition) is 2. The number of aliphatic hydroxyl groups excluding tert-OH is 1. The number of fused-ring (bicyclic) bond motifs is 1. The Kier molecular flexibility index (Phi) is 4.77. The van der Waals surface area contributed by atoms with Gasteiger partial charge in [0, 0.05) is 46.2 Å². The first-order valence-electron chi connectivity index (χ1n) is 8.32. The second kappa shape index (κ2) is 6.80. The molecular weight excluding hydrogens is 294 g/mol. The van der Waals surface area contributed by atoms with E-state index in [1.165, 1.54) is 0 Å². The maximum Gasteiger partial charge on any atom is 0.227 e. The molecule has 1 atom stereocenters. The third-order valence-corrected chi connectivity index (χ3v) is 4.63. The van der Waals surface area contributed by atoms with Gasteiger partial charge in [0.2, 0.25) is 5.95 Å². The summed E-state index contributed by atoms with van der Waals surface area (Å²) in [6.45, 7) is 6.47. The van der Waals surface area contributed by atoms with Gasteiger partial charge in [-0.05, 0) is 12.3 Å². The molecule has 3 rings (SSSR count). The second-order valence-corrected chi connectivity index (χ2v) is 6.43. The maximum absolute atomic E-state index is 12.3. The Morgan fingerprint density at radius 3 is 2.61 bits per heavy atom. The number of aromatic nitrogens is 2. The molecule has 1 fully saturated rings. The van der Waals surface area contributed by atoms with E-state index in [1.54, 1.807) is 7.05 Å². The minimum Gasteiger partial charge on any atom is -0.395 e. The van der Waals surface area contributed by atoms with E-state index in [9.17, 15) is 4.79 Å². The Morgan fingerprint density at radius 1 is 1.22 bits per heavy atom. The molecule has 2 aliphatic rings. The van der Waals surface area contributed by atoms with Gasteiger partial charge in [-0.3, -0.25) is 9.69 Å². The molecule has 0 spiro atoms. The molecule has 23 heavy (non-hydrogen) atoms. The molecule has 2 heterocycles. The van der Waals surface area contributed by atoms with Crippen LogP contribution in [0.1, 0.15) is 29.4 Å². The van der Waals surface area contributed by atoms with Crippen LogP contribution in [0.4, 0.5) is 11.8 Å². The van der Waals surface area contributed by atoms with Gasteiger partial charge >= 0.3 is 0 Å². The van der Waals surface area contributed by atoms with Crippen LogP contribution in [0.2, 0.25) is 0 Å². The number of nitrogens with one attached hydrogen (secondary N) is 1. The fourth-order valence-electron chi connectivity index (χ4n) is 3.39. The van der Waals surface area contributed by atoms with Crippen molar-refractivity contribution in [1.29, 1.82) is 0 Å². The lowest BCUT2D eigenvalue weighted by molar-refractivity contribution is 0.0952. The minimum absolute atomic E-state index is 0.141. The number of anilines is 2. The maximum atomic E-state index is 12.3. The number of rotatable bonds is 4. The predicted molar refractivity (Wildman–Crippen MR) is 89.1 cm³/mol. The largest absolute Gasteiger partial charge is 0.395 e. The van der Waals surface area contributed by atoms with Crippen LogP contribution in [0.15, 0.2) is 0 Å². The van der Waals surface area contributed by atoms with Crippen molar-refractivity contribution in [2.75, 3.05) is 56.6 Å². The Balaban J connectivity index is 1.84. The molecule has 0 unspecified atom stereocenters. The Morgan fingerprint density at radius 2 is 1.96 bits per heavy atom. The molecule has 0 radical (unpaired) electrons. The van der Waals surface area contributed by atoms with Crippen LogP contribution in [0.25, 0.3) is 0 Å². The molecule has 7 nitrogen and oxygen atoms in total. The van der Waals surface area contributed by atoms with E-state index in [1.807, 2.05) is 0 Å². The molecular formula is C16H25N5O2. The van der Waals surface area contributed by atoms with Gasteiger partial charge < -0.3 is 15.3 Å². The van der Waals surface area contributed by atoms with E-state index in [0.29, 0.717) is 36.2 Å². The molecule has 1 aromatic rings. The molecule has 0 amide bonds. The quantitative estimate of drug-likeness (QED) is 0.831. The average molecular weight is 319 g/mol. The summed E-state index contributed by atoms with van der Waals surface area (Å²) in [5.41, 5.74) is 1.55. The van der Waals surface area contributed by atoms with Gasteiger partial charge in [0.1, 0.15) is 5.82 Å². The van der Waals surface area contributed by atoms with Crippen LogP contribution in [0, 0.1) is 5.92 Å². The van der Waals surface area contributed by atoms with Crippen LogP contribution in [0.5, 0.6) is 0 Å². The van der Waals surface area contributed by atoms with Gasteiger partial charge in [-0.15, -0.1) is 0 Å². The third kappa shape index (κ3) is 3.30. The molecule has 1 aromatic heterocycles. The van der Waals surface area contributed by atoms with E-state index in [4.69, 9.17) is 10.1 Å². The van der Waals surface area contributed by atoms with Gasteiger partial charge in [-0.25, -0.2) is 4.98 Å². The first-order chi connectivity index (χ1) is 11.1. The number of carbonyl (C=O) groups is 1. The molecule has 1 aliphatic heterocycles. The molecule has 7 heteroatoms. The zero-order chi connectivity index (χ0) is 16.4. The molecule has 1 aliphatic carbocycles. The summed E-state index contributed by atoms with van der Waals surface area (Å²) in [7, 11) is 1.80. The molecule has 0 saturated carbocycles. The van der Waals surface area contributed by atoms with Crippen molar-refractivity contribution in [2.24, 2.45) is 5.92 Å². The first-order valence-corrected chi connectivity index (χ1v) is 8.32. The first kappa shape index (κ1) is 16.1. The fraction of sp³-hybridized carbons (Fsp3) is 0.688. The van der Waals surface area contributed by atoms with Crippen molar-refractivity contribution in [2.45, 2.75) is 19.8 Å². The van der Waals surface area contributed by atoms with Crippen molar-refractivity contribution in [3.8, 4) is 0 Å². The molecule has 1 saturated heterocycles. The van der Waals surface area contributed by atoms with Crippen molar-refractivity contribution < 1.29 is 9.90 Å².